The number of anilines is 1. The summed E-state index contributed by atoms with van der Waals surface area (Å²) in [5.74, 6) is 1.73. The van der Waals surface area contributed by atoms with Crippen LogP contribution in [-0.4, -0.2) is 31.2 Å². The molecule has 0 amide bonds. The van der Waals surface area contributed by atoms with E-state index in [2.05, 4.69) is 20.6 Å². The highest BCUT2D eigenvalue weighted by Gasteiger charge is 2.36. The van der Waals surface area contributed by atoms with Crippen molar-refractivity contribution in [3.63, 3.8) is 0 Å². The van der Waals surface area contributed by atoms with Crippen molar-refractivity contribution < 1.29 is 0 Å². The summed E-state index contributed by atoms with van der Waals surface area (Å²) in [5.41, 5.74) is 0. The van der Waals surface area contributed by atoms with Gasteiger partial charge in [0.2, 0.25) is 0 Å². The number of fused-ring (bicyclic) bond motifs is 1. The fourth-order valence-corrected chi connectivity index (χ4v) is 3.05. The van der Waals surface area contributed by atoms with Crippen molar-refractivity contribution in [2.75, 3.05) is 31.1 Å². The summed E-state index contributed by atoms with van der Waals surface area (Å²) in [7, 11) is 0. The standard InChI is InChI=1S/C9H13N3S/c1-2-13-9(11-1)12-5-7-3-10-4-8(7)6-12/h1-2,7-8,10H,3-6H2. The molecule has 2 aliphatic heterocycles. The molecule has 0 spiro atoms. The predicted molar refractivity (Wildman–Crippen MR) is 54.2 cm³/mol. The number of hydrogen-bond acceptors (Lipinski definition) is 4. The van der Waals surface area contributed by atoms with Crippen LogP contribution < -0.4 is 10.2 Å². The van der Waals surface area contributed by atoms with Crippen molar-refractivity contribution in [2.24, 2.45) is 11.8 Å². The van der Waals surface area contributed by atoms with Gasteiger partial charge in [-0.2, -0.15) is 0 Å². The summed E-state index contributed by atoms with van der Waals surface area (Å²) < 4.78 is 0. The molecule has 3 rings (SSSR count). The molecule has 1 aromatic heterocycles. The molecular formula is C9H13N3S. The first-order valence-corrected chi connectivity index (χ1v) is 5.66. The fourth-order valence-electron chi connectivity index (χ4n) is 2.38. The Hall–Kier alpha value is -0.610. The average molecular weight is 195 g/mol. The van der Waals surface area contributed by atoms with Crippen molar-refractivity contribution in [3.8, 4) is 0 Å². The second-order valence-corrected chi connectivity index (χ2v) is 4.77. The molecule has 2 atom stereocenters. The lowest BCUT2D eigenvalue weighted by Crippen LogP contribution is -2.25. The largest absolute Gasteiger partial charge is 0.347 e. The second kappa shape index (κ2) is 2.96. The molecule has 0 bridgehead atoms. The highest BCUT2D eigenvalue weighted by Crippen LogP contribution is 2.31. The molecule has 3 heterocycles. The van der Waals surface area contributed by atoms with E-state index in [0.717, 1.165) is 11.8 Å². The van der Waals surface area contributed by atoms with E-state index in [0.29, 0.717) is 0 Å². The Kier molecular flexibility index (Phi) is 1.77. The summed E-state index contributed by atoms with van der Waals surface area (Å²) >= 11 is 1.75. The molecule has 2 unspecified atom stereocenters. The van der Waals surface area contributed by atoms with Gasteiger partial charge in [0, 0.05) is 37.8 Å². The first-order chi connectivity index (χ1) is 6.43. The number of aromatic nitrogens is 1. The van der Waals surface area contributed by atoms with Crippen LogP contribution in [0.25, 0.3) is 0 Å². The lowest BCUT2D eigenvalue weighted by Gasteiger charge is -2.15. The maximum Gasteiger partial charge on any atom is 0.185 e. The van der Waals surface area contributed by atoms with Gasteiger partial charge in [0.1, 0.15) is 0 Å². The molecule has 1 aromatic rings. The number of nitrogens with zero attached hydrogens (tertiary/aromatic N) is 2. The lowest BCUT2D eigenvalue weighted by atomic mass is 10.0. The zero-order chi connectivity index (χ0) is 8.67. The molecule has 2 saturated heterocycles. The van der Waals surface area contributed by atoms with Gasteiger partial charge in [0.15, 0.2) is 5.13 Å². The van der Waals surface area contributed by atoms with Crippen molar-refractivity contribution in [1.29, 1.82) is 0 Å². The molecule has 13 heavy (non-hydrogen) atoms. The van der Waals surface area contributed by atoms with E-state index in [4.69, 9.17) is 0 Å². The van der Waals surface area contributed by atoms with Crippen LogP contribution in [-0.2, 0) is 0 Å². The van der Waals surface area contributed by atoms with E-state index in [1.807, 2.05) is 6.20 Å². The first-order valence-electron chi connectivity index (χ1n) is 4.78. The van der Waals surface area contributed by atoms with Crippen LogP contribution >= 0.6 is 11.3 Å². The Labute approximate surface area is 81.8 Å². The fraction of sp³-hybridized carbons (Fsp3) is 0.667. The monoisotopic (exact) mass is 195 g/mol. The maximum atomic E-state index is 4.35. The summed E-state index contributed by atoms with van der Waals surface area (Å²) in [4.78, 5) is 6.78. The van der Waals surface area contributed by atoms with E-state index >= 15 is 0 Å². The Bertz CT molecular complexity index is 273. The molecule has 2 fully saturated rings. The van der Waals surface area contributed by atoms with Crippen LogP contribution in [0.2, 0.25) is 0 Å². The van der Waals surface area contributed by atoms with Gasteiger partial charge in [-0.05, 0) is 11.8 Å². The lowest BCUT2D eigenvalue weighted by molar-refractivity contribution is 0.533. The Morgan fingerprint density at radius 3 is 2.77 bits per heavy atom. The van der Waals surface area contributed by atoms with Crippen LogP contribution in [0, 0.1) is 11.8 Å². The van der Waals surface area contributed by atoms with Gasteiger partial charge in [0.25, 0.3) is 0 Å². The molecule has 0 radical (unpaired) electrons. The zero-order valence-corrected chi connectivity index (χ0v) is 8.26. The van der Waals surface area contributed by atoms with Gasteiger partial charge < -0.3 is 10.2 Å². The third-order valence-electron chi connectivity index (χ3n) is 3.08. The average Bonchev–Trinajstić information content (AvgIpc) is 2.78. The quantitative estimate of drug-likeness (QED) is 0.718. The van der Waals surface area contributed by atoms with Crippen LogP contribution in [0.5, 0.6) is 0 Å². The molecule has 2 aliphatic rings. The van der Waals surface area contributed by atoms with E-state index < -0.39 is 0 Å². The Balaban J connectivity index is 1.76. The minimum Gasteiger partial charge on any atom is -0.347 e. The van der Waals surface area contributed by atoms with Crippen molar-refractivity contribution >= 4 is 16.5 Å². The van der Waals surface area contributed by atoms with Crippen LogP contribution in [0.4, 0.5) is 5.13 Å². The van der Waals surface area contributed by atoms with Crippen LogP contribution in [0.1, 0.15) is 0 Å². The molecule has 3 nitrogen and oxygen atoms in total. The highest BCUT2D eigenvalue weighted by molar-refractivity contribution is 7.13. The van der Waals surface area contributed by atoms with Gasteiger partial charge in [-0.1, -0.05) is 0 Å². The number of nitrogens with one attached hydrogen (secondary N) is 1. The van der Waals surface area contributed by atoms with Crippen molar-refractivity contribution in [2.45, 2.75) is 0 Å². The summed E-state index contributed by atoms with van der Waals surface area (Å²) in [5, 5.41) is 6.71. The zero-order valence-electron chi connectivity index (χ0n) is 7.44. The topological polar surface area (TPSA) is 28.2 Å². The second-order valence-electron chi connectivity index (χ2n) is 3.90. The van der Waals surface area contributed by atoms with Gasteiger partial charge in [-0.15, -0.1) is 11.3 Å². The SMILES string of the molecule is c1csc(N2CC3CNCC3C2)n1. The summed E-state index contributed by atoms with van der Waals surface area (Å²) in [6.07, 6.45) is 1.90. The van der Waals surface area contributed by atoms with Crippen LogP contribution in [0.15, 0.2) is 11.6 Å². The number of hydrogen-bond donors (Lipinski definition) is 1. The van der Waals surface area contributed by atoms with E-state index in [1.165, 1.54) is 31.3 Å². The van der Waals surface area contributed by atoms with Crippen molar-refractivity contribution in [1.82, 2.24) is 10.3 Å². The summed E-state index contributed by atoms with van der Waals surface area (Å²) in [6, 6.07) is 0. The Morgan fingerprint density at radius 1 is 1.38 bits per heavy atom. The molecule has 4 heteroatoms. The number of thiazole rings is 1. The highest BCUT2D eigenvalue weighted by atomic mass is 32.1. The van der Waals surface area contributed by atoms with Gasteiger partial charge in [0.05, 0.1) is 0 Å². The third-order valence-corrected chi connectivity index (χ3v) is 3.91. The molecular weight excluding hydrogens is 182 g/mol. The minimum absolute atomic E-state index is 0.865. The molecule has 1 N–H and O–H groups in total. The number of rotatable bonds is 1. The van der Waals surface area contributed by atoms with E-state index in [9.17, 15) is 0 Å². The van der Waals surface area contributed by atoms with E-state index in [1.54, 1.807) is 11.3 Å². The maximum absolute atomic E-state index is 4.35. The molecule has 70 valence electrons. The third kappa shape index (κ3) is 1.25. The molecule has 0 aliphatic carbocycles. The smallest absolute Gasteiger partial charge is 0.185 e. The van der Waals surface area contributed by atoms with Crippen LogP contribution in [0.3, 0.4) is 0 Å². The minimum atomic E-state index is 0.865. The normalized spacial score (nSPS) is 32.5. The van der Waals surface area contributed by atoms with Gasteiger partial charge in [-0.3, -0.25) is 0 Å². The molecule has 0 aromatic carbocycles. The first kappa shape index (κ1) is 7.76. The van der Waals surface area contributed by atoms with Gasteiger partial charge in [-0.25, -0.2) is 4.98 Å². The van der Waals surface area contributed by atoms with Crippen molar-refractivity contribution in [3.05, 3.63) is 11.6 Å². The molecule has 0 saturated carbocycles. The van der Waals surface area contributed by atoms with E-state index in [-0.39, 0.29) is 0 Å². The Morgan fingerprint density at radius 2 is 2.15 bits per heavy atom. The summed E-state index contributed by atoms with van der Waals surface area (Å²) in [6.45, 7) is 4.80. The van der Waals surface area contributed by atoms with Gasteiger partial charge >= 0.3 is 0 Å². The predicted octanol–water partition coefficient (Wildman–Crippen LogP) is 0.799.